The molecule has 0 heterocycles. The summed E-state index contributed by atoms with van der Waals surface area (Å²) in [4.78, 5) is 2.00. The van der Waals surface area contributed by atoms with Crippen molar-refractivity contribution in [1.29, 1.82) is 0 Å². The Hall–Kier alpha value is -0.0500. The Morgan fingerprint density at radius 3 is 1.35 bits per heavy atom. The van der Waals surface area contributed by atoms with Gasteiger partial charge in [0.1, 0.15) is 0 Å². The molecule has 0 saturated carbocycles. The fraction of sp³-hybridized carbons (Fsp3) is 0. The lowest BCUT2D eigenvalue weighted by Crippen LogP contribution is -1.76. The number of hydrogen-bond acceptors (Lipinski definition) is 1. The highest BCUT2D eigenvalue weighted by atomic mass is 35.5. The van der Waals surface area contributed by atoms with Gasteiger partial charge in [-0.1, -0.05) is 58.2 Å². The van der Waals surface area contributed by atoms with Gasteiger partial charge in [-0.25, -0.2) is 0 Å². The van der Waals surface area contributed by atoms with Crippen molar-refractivity contribution >= 4 is 58.2 Å². The number of hydrogen-bond donors (Lipinski definition) is 0. The van der Waals surface area contributed by atoms with E-state index in [2.05, 4.69) is 0 Å². The van der Waals surface area contributed by atoms with Crippen LogP contribution < -0.4 is 0 Å². The molecular formula is C12H6Cl4S. The Balaban J connectivity index is 2.25. The lowest BCUT2D eigenvalue weighted by molar-refractivity contribution is 1.41. The fourth-order valence-corrected chi connectivity index (χ4v) is 2.84. The molecule has 0 fully saturated rings. The zero-order valence-corrected chi connectivity index (χ0v) is 12.2. The van der Waals surface area contributed by atoms with Gasteiger partial charge in [0.15, 0.2) is 0 Å². The van der Waals surface area contributed by atoms with Gasteiger partial charge in [0.2, 0.25) is 0 Å². The Bertz CT molecular complexity index is 505. The second kappa shape index (κ2) is 5.73. The topological polar surface area (TPSA) is 0 Å². The van der Waals surface area contributed by atoms with Crippen LogP contribution >= 0.6 is 58.2 Å². The average Bonchev–Trinajstić information content (AvgIpc) is 2.29. The summed E-state index contributed by atoms with van der Waals surface area (Å²) in [7, 11) is 0. The van der Waals surface area contributed by atoms with Crippen molar-refractivity contribution in [2.45, 2.75) is 9.79 Å². The minimum absolute atomic E-state index is 0.539. The van der Waals surface area contributed by atoms with Crippen LogP contribution in [0.4, 0.5) is 0 Å². The highest BCUT2D eigenvalue weighted by molar-refractivity contribution is 7.99. The second-order valence-electron chi connectivity index (χ2n) is 3.25. The van der Waals surface area contributed by atoms with Crippen LogP contribution in [0.2, 0.25) is 20.1 Å². The molecule has 0 radical (unpaired) electrons. The Kier molecular flexibility index (Phi) is 4.51. The van der Waals surface area contributed by atoms with Gasteiger partial charge in [-0.15, -0.1) is 0 Å². The van der Waals surface area contributed by atoms with Crippen LogP contribution in [0, 0.1) is 0 Å². The van der Waals surface area contributed by atoms with E-state index in [0.29, 0.717) is 20.1 Å². The van der Waals surface area contributed by atoms with Crippen molar-refractivity contribution in [2.24, 2.45) is 0 Å². The summed E-state index contributed by atoms with van der Waals surface area (Å²) in [6.45, 7) is 0. The summed E-state index contributed by atoms with van der Waals surface area (Å²) in [6, 6.07) is 11.0. The van der Waals surface area contributed by atoms with Gasteiger partial charge in [0.05, 0.1) is 20.1 Å². The zero-order valence-electron chi connectivity index (χ0n) is 8.38. The molecule has 0 unspecified atom stereocenters. The number of rotatable bonds is 2. The lowest BCUT2D eigenvalue weighted by atomic mass is 10.3. The van der Waals surface area contributed by atoms with Crippen LogP contribution in [0.15, 0.2) is 46.2 Å². The van der Waals surface area contributed by atoms with Gasteiger partial charge < -0.3 is 0 Å². The van der Waals surface area contributed by atoms with E-state index in [1.54, 1.807) is 23.9 Å². The monoisotopic (exact) mass is 322 g/mol. The molecule has 0 N–H and O–H groups in total. The normalized spacial score (nSPS) is 10.6. The molecule has 0 aliphatic carbocycles. The van der Waals surface area contributed by atoms with Crippen molar-refractivity contribution < 1.29 is 0 Å². The van der Waals surface area contributed by atoms with E-state index in [1.807, 2.05) is 24.3 Å². The maximum atomic E-state index is 5.94. The predicted molar refractivity (Wildman–Crippen MR) is 77.0 cm³/mol. The van der Waals surface area contributed by atoms with Crippen molar-refractivity contribution in [3.05, 3.63) is 56.5 Å². The zero-order chi connectivity index (χ0) is 12.4. The van der Waals surface area contributed by atoms with Gasteiger partial charge in [-0.2, -0.15) is 0 Å². The van der Waals surface area contributed by atoms with Gasteiger partial charge in [-0.05, 0) is 36.4 Å². The van der Waals surface area contributed by atoms with Crippen LogP contribution in [0.25, 0.3) is 0 Å². The molecule has 17 heavy (non-hydrogen) atoms. The summed E-state index contributed by atoms with van der Waals surface area (Å²) < 4.78 is 0. The Labute approximate surface area is 124 Å². The van der Waals surface area contributed by atoms with Gasteiger partial charge >= 0.3 is 0 Å². The van der Waals surface area contributed by atoms with Crippen molar-refractivity contribution in [2.75, 3.05) is 0 Å². The van der Waals surface area contributed by atoms with Crippen molar-refractivity contribution in [3.8, 4) is 0 Å². The molecule has 0 aliphatic heterocycles. The molecule has 0 spiro atoms. The summed E-state index contributed by atoms with van der Waals surface area (Å²) in [5.41, 5.74) is 0. The largest absolute Gasteiger partial charge is 0.0900 e. The Morgan fingerprint density at radius 1 is 0.588 bits per heavy atom. The standard InChI is InChI=1S/C12H6Cl4S/c13-9-3-1-7(5-11(9)15)17-8-2-4-10(14)12(16)6-8/h1-6H. The smallest absolute Gasteiger partial charge is 0.0603 e. The quantitative estimate of drug-likeness (QED) is 0.611. The van der Waals surface area contributed by atoms with Gasteiger partial charge in [-0.3, -0.25) is 0 Å². The molecule has 0 saturated heterocycles. The number of halogens is 4. The SMILES string of the molecule is Clc1ccc(Sc2ccc(Cl)c(Cl)c2)cc1Cl. The van der Waals surface area contributed by atoms with E-state index in [0.717, 1.165) is 9.79 Å². The van der Waals surface area contributed by atoms with Gasteiger partial charge in [0, 0.05) is 9.79 Å². The number of benzene rings is 2. The van der Waals surface area contributed by atoms with E-state index >= 15 is 0 Å². The first-order valence-electron chi connectivity index (χ1n) is 4.64. The summed E-state index contributed by atoms with van der Waals surface area (Å²) >= 11 is 25.1. The summed E-state index contributed by atoms with van der Waals surface area (Å²) in [5, 5.41) is 2.17. The molecule has 2 rings (SSSR count). The van der Waals surface area contributed by atoms with Crippen LogP contribution in [0.5, 0.6) is 0 Å². The molecule has 2 aromatic carbocycles. The molecule has 0 aliphatic rings. The highest BCUT2D eigenvalue weighted by Gasteiger charge is 2.04. The molecule has 0 bridgehead atoms. The van der Waals surface area contributed by atoms with E-state index in [-0.39, 0.29) is 0 Å². The third-order valence-electron chi connectivity index (χ3n) is 2.02. The van der Waals surface area contributed by atoms with E-state index < -0.39 is 0 Å². The van der Waals surface area contributed by atoms with Crippen LogP contribution in [-0.2, 0) is 0 Å². The molecule has 0 atom stereocenters. The van der Waals surface area contributed by atoms with Gasteiger partial charge in [0.25, 0.3) is 0 Å². The highest BCUT2D eigenvalue weighted by Crippen LogP contribution is 2.35. The van der Waals surface area contributed by atoms with Crippen LogP contribution in [0.1, 0.15) is 0 Å². The second-order valence-corrected chi connectivity index (χ2v) is 6.03. The van der Waals surface area contributed by atoms with E-state index in [9.17, 15) is 0 Å². The predicted octanol–water partition coefficient (Wildman–Crippen LogP) is 6.45. The minimum Gasteiger partial charge on any atom is -0.0900 e. The lowest BCUT2D eigenvalue weighted by Gasteiger charge is -2.04. The third-order valence-corrected chi connectivity index (χ3v) is 4.48. The molecule has 5 heteroatoms. The van der Waals surface area contributed by atoms with Crippen molar-refractivity contribution in [1.82, 2.24) is 0 Å². The average molecular weight is 324 g/mol. The molecule has 0 aromatic heterocycles. The fourth-order valence-electron chi connectivity index (χ4n) is 1.22. The maximum absolute atomic E-state index is 5.94. The summed E-state index contributed by atoms with van der Waals surface area (Å²) in [6.07, 6.45) is 0. The van der Waals surface area contributed by atoms with Crippen LogP contribution in [-0.4, -0.2) is 0 Å². The molecule has 0 amide bonds. The summed E-state index contributed by atoms with van der Waals surface area (Å²) in [5.74, 6) is 0. The van der Waals surface area contributed by atoms with Crippen molar-refractivity contribution in [3.63, 3.8) is 0 Å². The molecule has 0 nitrogen and oxygen atoms in total. The first kappa shape index (κ1) is 13.4. The molecular weight excluding hydrogens is 318 g/mol. The Morgan fingerprint density at radius 2 is 1.00 bits per heavy atom. The maximum Gasteiger partial charge on any atom is 0.0603 e. The molecule has 88 valence electrons. The van der Waals surface area contributed by atoms with E-state index in [4.69, 9.17) is 46.4 Å². The minimum atomic E-state index is 0.539. The third kappa shape index (κ3) is 3.46. The first-order chi connectivity index (χ1) is 8.06. The van der Waals surface area contributed by atoms with Crippen LogP contribution in [0.3, 0.4) is 0 Å². The first-order valence-corrected chi connectivity index (χ1v) is 6.97. The van der Waals surface area contributed by atoms with E-state index in [1.165, 1.54) is 0 Å². The molecule has 2 aromatic rings.